The molecule has 10 heteroatoms. The summed E-state index contributed by atoms with van der Waals surface area (Å²) in [6.45, 7) is 3.48. The second kappa shape index (κ2) is 33.6. The Balaban J connectivity index is 4.32. The average Bonchev–Trinajstić information content (AvgIpc) is 3.05. The topological polar surface area (TPSA) is 134 Å². The van der Waals surface area contributed by atoms with Crippen LogP contribution in [0.3, 0.4) is 0 Å². The van der Waals surface area contributed by atoms with E-state index >= 15 is 0 Å². The quantitative estimate of drug-likeness (QED) is 0.0234. The number of ether oxygens (including phenoxy) is 2. The van der Waals surface area contributed by atoms with E-state index in [1.165, 1.54) is 12.8 Å². The molecule has 3 N–H and O–H groups in total. The standard InChI is InChI=1S/C37H64NO8P/c1-3-5-7-9-11-13-15-16-17-18-20-21-23-25-27-29-36(39)43-33-35(34-45-47(41,42)44-32-31-38)46-37(40)30-28-26-24-22-19-14-12-10-8-6-4-2/h5,7,9-13,15-17,35H,3-4,6,8,14,18-34,38H2,1-2H3,(H,41,42)/b7-5+,11-9+,12-10+,15-13+,17-16+/t35-/m1/s1. The molecule has 0 radical (unpaired) electrons. The van der Waals surface area contributed by atoms with Crippen LogP contribution in [0, 0.1) is 0 Å². The molecule has 270 valence electrons. The minimum Gasteiger partial charge on any atom is -0.462 e. The van der Waals surface area contributed by atoms with Crippen LogP contribution in [0.5, 0.6) is 0 Å². The maximum Gasteiger partial charge on any atom is 0.472 e. The first-order chi connectivity index (χ1) is 22.8. The summed E-state index contributed by atoms with van der Waals surface area (Å²) in [6, 6.07) is 0. The van der Waals surface area contributed by atoms with E-state index in [-0.39, 0.29) is 32.6 Å². The van der Waals surface area contributed by atoms with Gasteiger partial charge in [-0.2, -0.15) is 0 Å². The molecular formula is C37H64NO8P. The molecule has 0 spiro atoms. The summed E-state index contributed by atoms with van der Waals surface area (Å²) < 4.78 is 32.5. The lowest BCUT2D eigenvalue weighted by Gasteiger charge is -2.19. The maximum atomic E-state index is 12.5. The van der Waals surface area contributed by atoms with Crippen LogP contribution in [0.15, 0.2) is 60.8 Å². The molecule has 2 atom stereocenters. The van der Waals surface area contributed by atoms with Crippen LogP contribution in [0.1, 0.15) is 129 Å². The highest BCUT2D eigenvalue weighted by Crippen LogP contribution is 2.43. The number of hydrogen-bond donors (Lipinski definition) is 2. The molecule has 0 rings (SSSR count). The van der Waals surface area contributed by atoms with Crippen molar-refractivity contribution in [1.29, 1.82) is 0 Å². The lowest BCUT2D eigenvalue weighted by Crippen LogP contribution is -2.29. The van der Waals surface area contributed by atoms with Gasteiger partial charge in [-0.25, -0.2) is 4.57 Å². The molecule has 47 heavy (non-hydrogen) atoms. The number of unbranched alkanes of at least 4 members (excludes halogenated alkanes) is 12. The van der Waals surface area contributed by atoms with E-state index in [4.69, 9.17) is 24.3 Å². The molecule has 0 amide bonds. The van der Waals surface area contributed by atoms with Gasteiger partial charge >= 0.3 is 19.8 Å². The molecule has 0 heterocycles. The van der Waals surface area contributed by atoms with Crippen molar-refractivity contribution in [1.82, 2.24) is 0 Å². The Labute approximate surface area is 285 Å². The number of rotatable bonds is 32. The summed E-state index contributed by atoms with van der Waals surface area (Å²) in [5.74, 6) is -0.876. The fourth-order valence-electron chi connectivity index (χ4n) is 4.33. The summed E-state index contributed by atoms with van der Waals surface area (Å²) in [6.07, 6.45) is 36.8. The van der Waals surface area contributed by atoms with Gasteiger partial charge in [0.25, 0.3) is 0 Å². The highest BCUT2D eigenvalue weighted by molar-refractivity contribution is 7.47. The van der Waals surface area contributed by atoms with E-state index in [0.29, 0.717) is 12.8 Å². The van der Waals surface area contributed by atoms with Crippen molar-refractivity contribution in [2.24, 2.45) is 5.73 Å². The summed E-state index contributed by atoms with van der Waals surface area (Å²) in [5, 5.41) is 0. The Bertz CT molecular complexity index is 960. The van der Waals surface area contributed by atoms with Gasteiger partial charge in [-0.1, -0.05) is 126 Å². The average molecular weight is 682 g/mol. The van der Waals surface area contributed by atoms with Gasteiger partial charge < -0.3 is 20.1 Å². The van der Waals surface area contributed by atoms with Crippen molar-refractivity contribution in [3.05, 3.63) is 60.8 Å². The zero-order valence-electron chi connectivity index (χ0n) is 29.2. The van der Waals surface area contributed by atoms with Crippen LogP contribution in [-0.4, -0.2) is 49.3 Å². The number of carbonyl (C=O) groups excluding carboxylic acids is 2. The smallest absolute Gasteiger partial charge is 0.462 e. The van der Waals surface area contributed by atoms with Gasteiger partial charge in [0.2, 0.25) is 0 Å². The Kier molecular flexibility index (Phi) is 32.0. The van der Waals surface area contributed by atoms with Gasteiger partial charge in [0.1, 0.15) is 6.61 Å². The molecule has 0 aromatic carbocycles. The molecule has 0 aliphatic heterocycles. The third-order valence-electron chi connectivity index (χ3n) is 6.98. The number of allylic oxidation sites excluding steroid dienone is 10. The van der Waals surface area contributed by atoms with Crippen LogP contribution in [0.4, 0.5) is 0 Å². The molecular weight excluding hydrogens is 617 g/mol. The van der Waals surface area contributed by atoms with Crippen LogP contribution in [0.2, 0.25) is 0 Å². The van der Waals surface area contributed by atoms with Crippen molar-refractivity contribution in [2.75, 3.05) is 26.4 Å². The van der Waals surface area contributed by atoms with Crippen molar-refractivity contribution in [3.8, 4) is 0 Å². The largest absolute Gasteiger partial charge is 0.472 e. The predicted octanol–water partition coefficient (Wildman–Crippen LogP) is 9.38. The molecule has 1 unspecified atom stereocenters. The van der Waals surface area contributed by atoms with Crippen LogP contribution in [0.25, 0.3) is 0 Å². The first kappa shape index (κ1) is 44.7. The minimum absolute atomic E-state index is 0.0455. The number of phosphoric ester groups is 1. The number of hydrogen-bond acceptors (Lipinski definition) is 8. The Hall–Kier alpha value is -2.29. The molecule has 0 saturated heterocycles. The Morgan fingerprint density at radius 1 is 0.660 bits per heavy atom. The van der Waals surface area contributed by atoms with Crippen molar-refractivity contribution in [3.63, 3.8) is 0 Å². The monoisotopic (exact) mass is 681 g/mol. The molecule has 0 aromatic rings. The van der Waals surface area contributed by atoms with Crippen LogP contribution < -0.4 is 5.73 Å². The van der Waals surface area contributed by atoms with Crippen molar-refractivity contribution < 1.29 is 37.6 Å². The fourth-order valence-corrected chi connectivity index (χ4v) is 5.09. The molecule has 9 nitrogen and oxygen atoms in total. The highest BCUT2D eigenvalue weighted by atomic mass is 31.2. The molecule has 0 saturated carbocycles. The number of esters is 2. The van der Waals surface area contributed by atoms with Crippen molar-refractivity contribution >= 4 is 19.8 Å². The summed E-state index contributed by atoms with van der Waals surface area (Å²) in [7, 11) is -4.38. The van der Waals surface area contributed by atoms with Gasteiger partial charge in [-0.05, 0) is 51.4 Å². The van der Waals surface area contributed by atoms with Crippen LogP contribution in [-0.2, 0) is 32.7 Å². The fraction of sp³-hybridized carbons (Fsp3) is 0.676. The highest BCUT2D eigenvalue weighted by Gasteiger charge is 2.25. The van der Waals surface area contributed by atoms with E-state index in [9.17, 15) is 19.0 Å². The lowest BCUT2D eigenvalue weighted by atomic mass is 10.1. The van der Waals surface area contributed by atoms with Gasteiger partial charge in [-0.3, -0.25) is 18.6 Å². The first-order valence-electron chi connectivity index (χ1n) is 17.8. The number of carbonyl (C=O) groups is 2. The molecule has 0 bridgehead atoms. The third kappa shape index (κ3) is 33.4. The van der Waals surface area contributed by atoms with Gasteiger partial charge in [0.15, 0.2) is 6.10 Å². The minimum atomic E-state index is -4.38. The molecule has 0 aliphatic carbocycles. The SMILES string of the molecule is CC/C=C/C=C/C=C/C=C/CCCCCCCC(=O)OC[C@H](COP(=O)(O)OCCN)OC(=O)CCCCCCC/C=C/CCCC. The predicted molar refractivity (Wildman–Crippen MR) is 192 cm³/mol. The number of nitrogens with two attached hydrogens (primary N) is 1. The summed E-state index contributed by atoms with van der Waals surface area (Å²) >= 11 is 0. The van der Waals surface area contributed by atoms with Gasteiger partial charge in [-0.15, -0.1) is 0 Å². The van der Waals surface area contributed by atoms with Gasteiger partial charge in [0.05, 0.1) is 13.2 Å². The second-order valence-corrected chi connectivity index (χ2v) is 12.9. The molecule has 0 aliphatic rings. The maximum absolute atomic E-state index is 12.5. The molecule has 0 fully saturated rings. The Morgan fingerprint density at radius 2 is 1.19 bits per heavy atom. The summed E-state index contributed by atoms with van der Waals surface area (Å²) in [4.78, 5) is 34.6. The Morgan fingerprint density at radius 3 is 1.81 bits per heavy atom. The van der Waals surface area contributed by atoms with E-state index in [0.717, 1.165) is 77.0 Å². The van der Waals surface area contributed by atoms with E-state index < -0.39 is 32.5 Å². The lowest BCUT2D eigenvalue weighted by molar-refractivity contribution is -0.161. The zero-order chi connectivity index (χ0) is 34.7. The van der Waals surface area contributed by atoms with E-state index in [2.05, 4.69) is 44.2 Å². The van der Waals surface area contributed by atoms with Crippen LogP contribution >= 0.6 is 7.82 Å². The van der Waals surface area contributed by atoms with Gasteiger partial charge in [0, 0.05) is 19.4 Å². The third-order valence-corrected chi connectivity index (χ3v) is 7.97. The van der Waals surface area contributed by atoms with E-state index in [1.54, 1.807) is 0 Å². The van der Waals surface area contributed by atoms with E-state index in [1.807, 2.05) is 30.4 Å². The van der Waals surface area contributed by atoms with Crippen molar-refractivity contribution in [2.45, 2.75) is 136 Å². The number of phosphoric acid groups is 1. The second-order valence-electron chi connectivity index (χ2n) is 11.4. The first-order valence-corrected chi connectivity index (χ1v) is 19.3. The molecule has 0 aromatic heterocycles. The normalized spacial score (nSPS) is 14.2. The summed E-state index contributed by atoms with van der Waals surface area (Å²) in [5.41, 5.74) is 5.32. The zero-order valence-corrected chi connectivity index (χ0v) is 30.1.